The minimum absolute atomic E-state index is 0.0537. The number of amides is 1. The first-order chi connectivity index (χ1) is 13.3. The Balaban J connectivity index is 1.68. The molecule has 2 aromatic carbocycles. The number of carbonyl (C=O) groups excluding carboxylic acids is 1. The summed E-state index contributed by atoms with van der Waals surface area (Å²) in [5.74, 6) is 0.263. The van der Waals surface area contributed by atoms with E-state index in [9.17, 15) is 14.9 Å². The number of rotatable bonds is 6. The zero-order valence-electron chi connectivity index (χ0n) is 15.8. The largest absolute Gasteiger partial charge is 0.407 e. The van der Waals surface area contributed by atoms with Gasteiger partial charge in [-0.25, -0.2) is 0 Å². The fourth-order valence-electron chi connectivity index (χ4n) is 2.69. The minimum atomic E-state index is -0.556. The zero-order valence-corrected chi connectivity index (χ0v) is 15.8. The minimum Gasteiger partial charge on any atom is -0.407 e. The third-order valence-corrected chi connectivity index (χ3v) is 4.36. The summed E-state index contributed by atoms with van der Waals surface area (Å²) in [6.45, 7) is 5.87. The lowest BCUT2D eigenvalue weighted by atomic mass is 10.0. The van der Waals surface area contributed by atoms with Crippen molar-refractivity contribution >= 4 is 17.6 Å². The Labute approximate surface area is 161 Å². The van der Waals surface area contributed by atoms with Crippen LogP contribution in [-0.2, 0) is 6.42 Å². The Hall–Kier alpha value is -3.55. The molecule has 0 saturated carbocycles. The first-order valence-corrected chi connectivity index (χ1v) is 8.81. The van der Waals surface area contributed by atoms with Crippen molar-refractivity contribution in [3.63, 3.8) is 0 Å². The molecule has 3 rings (SSSR count). The Bertz CT molecular complexity index is 1010. The van der Waals surface area contributed by atoms with Gasteiger partial charge in [-0.15, -0.1) is 5.10 Å². The Kier molecular flexibility index (Phi) is 5.49. The van der Waals surface area contributed by atoms with Crippen LogP contribution in [0.4, 0.5) is 11.7 Å². The van der Waals surface area contributed by atoms with E-state index in [0.29, 0.717) is 23.8 Å². The van der Waals surface area contributed by atoms with Crippen LogP contribution in [-0.4, -0.2) is 21.0 Å². The van der Waals surface area contributed by atoms with Crippen LogP contribution in [0.3, 0.4) is 0 Å². The summed E-state index contributed by atoms with van der Waals surface area (Å²) >= 11 is 0. The van der Waals surface area contributed by atoms with Crippen molar-refractivity contribution in [2.45, 2.75) is 33.1 Å². The second-order valence-electron chi connectivity index (χ2n) is 6.79. The molecular formula is C20H20N4O4. The van der Waals surface area contributed by atoms with Crippen LogP contribution in [0.1, 0.15) is 52.7 Å². The fraction of sp³-hybridized carbons (Fsp3) is 0.250. The van der Waals surface area contributed by atoms with Crippen molar-refractivity contribution in [2.75, 3.05) is 5.32 Å². The van der Waals surface area contributed by atoms with E-state index in [1.165, 1.54) is 23.8 Å². The fourth-order valence-corrected chi connectivity index (χ4v) is 2.69. The molecule has 0 fully saturated rings. The highest BCUT2D eigenvalue weighted by molar-refractivity contribution is 6.03. The molecule has 144 valence electrons. The Morgan fingerprint density at radius 2 is 1.89 bits per heavy atom. The molecule has 0 radical (unpaired) electrons. The third-order valence-electron chi connectivity index (χ3n) is 4.36. The summed E-state index contributed by atoms with van der Waals surface area (Å²) in [4.78, 5) is 22.8. The molecule has 0 aliphatic carbocycles. The van der Waals surface area contributed by atoms with Gasteiger partial charge in [-0.05, 0) is 30.0 Å². The molecule has 3 aromatic rings. The molecule has 0 spiro atoms. The average molecular weight is 380 g/mol. The molecule has 0 bridgehead atoms. The molecule has 0 atom stereocenters. The predicted molar refractivity (Wildman–Crippen MR) is 103 cm³/mol. The number of benzene rings is 2. The van der Waals surface area contributed by atoms with Gasteiger partial charge in [0.2, 0.25) is 5.89 Å². The van der Waals surface area contributed by atoms with Gasteiger partial charge >= 0.3 is 6.01 Å². The molecule has 8 nitrogen and oxygen atoms in total. The van der Waals surface area contributed by atoms with Gasteiger partial charge in [-0.3, -0.25) is 20.2 Å². The van der Waals surface area contributed by atoms with Crippen LogP contribution in [0.15, 0.2) is 46.9 Å². The quantitative estimate of drug-likeness (QED) is 0.505. The molecular weight excluding hydrogens is 360 g/mol. The van der Waals surface area contributed by atoms with E-state index in [-0.39, 0.29) is 17.3 Å². The summed E-state index contributed by atoms with van der Waals surface area (Å²) in [6, 6.07) is 12.3. The summed E-state index contributed by atoms with van der Waals surface area (Å²) in [6.07, 6.45) is 0.442. The monoisotopic (exact) mass is 380 g/mol. The number of aromatic nitrogens is 2. The van der Waals surface area contributed by atoms with E-state index in [4.69, 9.17) is 4.42 Å². The molecule has 1 heterocycles. The van der Waals surface area contributed by atoms with Gasteiger partial charge in [0.15, 0.2) is 0 Å². The van der Waals surface area contributed by atoms with Crippen LogP contribution >= 0.6 is 0 Å². The molecule has 0 unspecified atom stereocenters. The standard InChI is InChI=1S/C20H20N4O4/c1-12(2)15-8-5-14(6-9-15)10-18-22-23-20(28-18)21-19(25)16-7-4-13(3)17(11-16)24(26)27/h4-9,11-12H,10H2,1-3H3,(H,21,23,25). The summed E-state index contributed by atoms with van der Waals surface area (Å²) in [5.41, 5.74) is 2.75. The van der Waals surface area contributed by atoms with Crippen molar-refractivity contribution in [3.8, 4) is 0 Å². The second-order valence-corrected chi connectivity index (χ2v) is 6.79. The highest BCUT2D eigenvalue weighted by atomic mass is 16.6. The first kappa shape index (κ1) is 19.2. The first-order valence-electron chi connectivity index (χ1n) is 8.81. The molecule has 8 heteroatoms. The van der Waals surface area contributed by atoms with Crippen molar-refractivity contribution in [1.82, 2.24) is 10.2 Å². The second kappa shape index (κ2) is 7.99. The Morgan fingerprint density at radius 1 is 1.18 bits per heavy atom. The van der Waals surface area contributed by atoms with E-state index >= 15 is 0 Å². The number of nitrogens with zero attached hydrogens (tertiary/aromatic N) is 3. The van der Waals surface area contributed by atoms with Gasteiger partial charge in [0.25, 0.3) is 11.6 Å². The maximum atomic E-state index is 12.3. The van der Waals surface area contributed by atoms with E-state index in [2.05, 4.69) is 41.5 Å². The lowest BCUT2D eigenvalue weighted by molar-refractivity contribution is -0.385. The van der Waals surface area contributed by atoms with E-state index in [1.54, 1.807) is 6.92 Å². The van der Waals surface area contributed by atoms with Crippen molar-refractivity contribution in [3.05, 3.63) is 80.7 Å². The van der Waals surface area contributed by atoms with Crippen LogP contribution in [0.5, 0.6) is 0 Å². The lowest BCUT2D eigenvalue weighted by Gasteiger charge is -2.05. The maximum absolute atomic E-state index is 12.3. The Morgan fingerprint density at radius 3 is 2.54 bits per heavy atom. The van der Waals surface area contributed by atoms with Crippen LogP contribution < -0.4 is 5.32 Å². The summed E-state index contributed by atoms with van der Waals surface area (Å²) in [7, 11) is 0. The van der Waals surface area contributed by atoms with Crippen LogP contribution in [0.25, 0.3) is 0 Å². The summed E-state index contributed by atoms with van der Waals surface area (Å²) in [5, 5.41) is 21.2. The number of hydrogen-bond donors (Lipinski definition) is 1. The lowest BCUT2D eigenvalue weighted by Crippen LogP contribution is -2.12. The van der Waals surface area contributed by atoms with E-state index in [1.807, 2.05) is 12.1 Å². The van der Waals surface area contributed by atoms with E-state index < -0.39 is 10.8 Å². The highest BCUT2D eigenvalue weighted by Crippen LogP contribution is 2.21. The number of nitro benzene ring substituents is 1. The van der Waals surface area contributed by atoms with Gasteiger partial charge < -0.3 is 4.42 Å². The number of aryl methyl sites for hydroxylation is 1. The molecule has 0 aliphatic heterocycles. The van der Waals surface area contributed by atoms with Gasteiger partial charge in [0.1, 0.15) is 0 Å². The maximum Gasteiger partial charge on any atom is 0.322 e. The van der Waals surface area contributed by atoms with Gasteiger partial charge in [-0.2, -0.15) is 0 Å². The molecule has 28 heavy (non-hydrogen) atoms. The summed E-state index contributed by atoms with van der Waals surface area (Å²) < 4.78 is 5.47. The number of nitro groups is 1. The van der Waals surface area contributed by atoms with Crippen LogP contribution in [0, 0.1) is 17.0 Å². The molecule has 1 amide bonds. The predicted octanol–water partition coefficient (Wildman–Crippen LogP) is 4.25. The highest BCUT2D eigenvalue weighted by Gasteiger charge is 2.17. The zero-order chi connectivity index (χ0) is 20.3. The average Bonchev–Trinajstić information content (AvgIpc) is 3.09. The van der Waals surface area contributed by atoms with Crippen LogP contribution in [0.2, 0.25) is 0 Å². The molecule has 1 N–H and O–H groups in total. The van der Waals surface area contributed by atoms with Gasteiger partial charge in [-0.1, -0.05) is 49.3 Å². The number of hydrogen-bond acceptors (Lipinski definition) is 6. The van der Waals surface area contributed by atoms with E-state index in [0.717, 1.165) is 5.56 Å². The SMILES string of the molecule is Cc1ccc(C(=O)Nc2nnc(Cc3ccc(C(C)C)cc3)o2)cc1[N+](=O)[O-]. The normalized spacial score (nSPS) is 10.9. The van der Waals surface area contributed by atoms with Crippen molar-refractivity contribution in [1.29, 1.82) is 0 Å². The van der Waals surface area contributed by atoms with Crippen molar-refractivity contribution in [2.24, 2.45) is 0 Å². The number of nitrogens with one attached hydrogen (secondary N) is 1. The third kappa shape index (κ3) is 4.40. The van der Waals surface area contributed by atoms with Gasteiger partial charge in [0.05, 0.1) is 11.3 Å². The van der Waals surface area contributed by atoms with Crippen molar-refractivity contribution < 1.29 is 14.1 Å². The number of anilines is 1. The smallest absolute Gasteiger partial charge is 0.322 e. The molecule has 0 aliphatic rings. The number of carbonyl (C=O) groups is 1. The molecule has 0 saturated heterocycles. The topological polar surface area (TPSA) is 111 Å². The molecule has 1 aromatic heterocycles. The van der Waals surface area contributed by atoms with Gasteiger partial charge in [0, 0.05) is 17.2 Å².